The molecule has 0 radical (unpaired) electrons. The maximum absolute atomic E-state index is 13.2. The van der Waals surface area contributed by atoms with E-state index in [4.69, 9.17) is 4.74 Å². The Bertz CT molecular complexity index is 812. The molecule has 0 N–H and O–H groups in total. The van der Waals surface area contributed by atoms with Gasteiger partial charge < -0.3 is 14.5 Å². The number of hydrogen-bond donors (Lipinski definition) is 0. The molecule has 3 heterocycles. The number of aryl methyl sites for hydroxylation is 1. The van der Waals surface area contributed by atoms with Gasteiger partial charge in [0.1, 0.15) is 5.82 Å². The number of morpholine rings is 1. The number of ether oxygens (including phenoxy) is 1. The molecule has 28 heavy (non-hydrogen) atoms. The monoisotopic (exact) mass is 380 g/mol. The molecule has 2 saturated heterocycles. The molecule has 2 aliphatic heterocycles. The fourth-order valence-electron chi connectivity index (χ4n) is 3.94. The number of benzene rings is 1. The number of aromatic nitrogens is 1. The smallest absolute Gasteiger partial charge is 0.257 e. The number of hydrogen-bond acceptors (Lipinski definition) is 5. The van der Waals surface area contributed by atoms with Crippen LogP contribution in [0.25, 0.3) is 0 Å². The zero-order valence-corrected chi connectivity index (χ0v) is 16.5. The predicted octanol–water partition coefficient (Wildman–Crippen LogP) is 2.18. The van der Waals surface area contributed by atoms with Crippen molar-refractivity contribution in [1.82, 2.24) is 14.8 Å². The van der Waals surface area contributed by atoms with Crippen LogP contribution in [0.4, 0.5) is 5.82 Å². The first-order valence-electron chi connectivity index (χ1n) is 10.1. The number of nitrogens with zero attached hydrogens (tertiary/aromatic N) is 4. The van der Waals surface area contributed by atoms with Crippen LogP contribution in [0.15, 0.2) is 42.6 Å². The molecule has 0 unspecified atom stereocenters. The molecule has 0 saturated carbocycles. The highest BCUT2D eigenvalue weighted by atomic mass is 16.5. The van der Waals surface area contributed by atoms with Gasteiger partial charge in [0.15, 0.2) is 0 Å². The summed E-state index contributed by atoms with van der Waals surface area (Å²) >= 11 is 0. The van der Waals surface area contributed by atoms with Crippen molar-refractivity contribution in [2.24, 2.45) is 0 Å². The quantitative estimate of drug-likeness (QED) is 0.814. The first kappa shape index (κ1) is 18.9. The second-order valence-corrected chi connectivity index (χ2v) is 7.53. The lowest BCUT2D eigenvalue weighted by atomic mass is 10.1. The van der Waals surface area contributed by atoms with E-state index in [2.05, 4.69) is 46.0 Å². The highest BCUT2D eigenvalue weighted by molar-refractivity contribution is 5.99. The molecule has 6 nitrogen and oxygen atoms in total. The summed E-state index contributed by atoms with van der Waals surface area (Å²) < 4.78 is 5.44. The van der Waals surface area contributed by atoms with Crippen molar-refractivity contribution in [3.8, 4) is 0 Å². The summed E-state index contributed by atoms with van der Waals surface area (Å²) in [4.78, 5) is 24.2. The highest BCUT2D eigenvalue weighted by Gasteiger charge is 2.26. The largest absolute Gasteiger partial charge is 0.378 e. The maximum Gasteiger partial charge on any atom is 0.257 e. The Kier molecular flexibility index (Phi) is 5.88. The Hall–Kier alpha value is -2.44. The molecular formula is C22H28N4O2. The zero-order chi connectivity index (χ0) is 19.3. The van der Waals surface area contributed by atoms with Gasteiger partial charge >= 0.3 is 0 Å². The van der Waals surface area contributed by atoms with Crippen molar-refractivity contribution < 1.29 is 9.53 Å². The standard InChI is InChI=1S/C22H28N4O2/c1-18-4-2-5-19(16-18)17-24-8-10-26(11-9-24)22(27)20-6-3-7-23-21(20)25-12-14-28-15-13-25/h2-7,16H,8-15,17H2,1H3. The van der Waals surface area contributed by atoms with Gasteiger partial charge in [-0.25, -0.2) is 4.98 Å². The molecule has 0 aliphatic carbocycles. The highest BCUT2D eigenvalue weighted by Crippen LogP contribution is 2.21. The van der Waals surface area contributed by atoms with Crippen molar-refractivity contribution in [3.63, 3.8) is 0 Å². The second-order valence-electron chi connectivity index (χ2n) is 7.53. The zero-order valence-electron chi connectivity index (χ0n) is 16.5. The molecule has 1 amide bonds. The van der Waals surface area contributed by atoms with Gasteiger partial charge in [0.05, 0.1) is 18.8 Å². The molecule has 0 spiro atoms. The van der Waals surface area contributed by atoms with E-state index in [-0.39, 0.29) is 5.91 Å². The van der Waals surface area contributed by atoms with Crippen LogP contribution in [-0.2, 0) is 11.3 Å². The molecule has 0 atom stereocenters. The van der Waals surface area contributed by atoms with Crippen molar-refractivity contribution >= 4 is 11.7 Å². The molecule has 0 bridgehead atoms. The maximum atomic E-state index is 13.2. The minimum Gasteiger partial charge on any atom is -0.378 e. The molecule has 1 aromatic carbocycles. The Labute approximate surface area is 166 Å². The average molecular weight is 380 g/mol. The van der Waals surface area contributed by atoms with Crippen LogP contribution in [0.5, 0.6) is 0 Å². The Balaban J connectivity index is 1.39. The molecule has 6 heteroatoms. The van der Waals surface area contributed by atoms with Crippen LogP contribution in [0.3, 0.4) is 0 Å². The summed E-state index contributed by atoms with van der Waals surface area (Å²) in [7, 11) is 0. The number of carbonyl (C=O) groups excluding carboxylic acids is 1. The summed E-state index contributed by atoms with van der Waals surface area (Å²) in [6.07, 6.45) is 1.77. The normalized spacial score (nSPS) is 18.3. The van der Waals surface area contributed by atoms with E-state index in [0.717, 1.165) is 51.6 Å². The third kappa shape index (κ3) is 4.34. The number of pyridine rings is 1. The van der Waals surface area contributed by atoms with Crippen molar-refractivity contribution in [2.45, 2.75) is 13.5 Å². The van der Waals surface area contributed by atoms with E-state index >= 15 is 0 Å². The van der Waals surface area contributed by atoms with Crippen molar-refractivity contribution in [3.05, 3.63) is 59.3 Å². The molecule has 148 valence electrons. The molecule has 2 aliphatic rings. The number of amides is 1. The topological polar surface area (TPSA) is 48.9 Å². The lowest BCUT2D eigenvalue weighted by Crippen LogP contribution is -2.48. The van der Waals surface area contributed by atoms with Crippen LogP contribution in [0, 0.1) is 6.92 Å². The van der Waals surface area contributed by atoms with Gasteiger partial charge in [-0.2, -0.15) is 0 Å². The first-order valence-corrected chi connectivity index (χ1v) is 10.1. The lowest BCUT2D eigenvalue weighted by Gasteiger charge is -2.36. The average Bonchev–Trinajstić information content (AvgIpc) is 2.74. The van der Waals surface area contributed by atoms with Crippen molar-refractivity contribution in [1.29, 1.82) is 0 Å². The summed E-state index contributed by atoms with van der Waals surface area (Å²) in [6.45, 7) is 9.28. The van der Waals surface area contributed by atoms with E-state index in [1.807, 2.05) is 17.0 Å². The number of rotatable bonds is 4. The van der Waals surface area contributed by atoms with E-state index in [1.165, 1.54) is 11.1 Å². The third-order valence-electron chi connectivity index (χ3n) is 5.48. The van der Waals surface area contributed by atoms with E-state index in [0.29, 0.717) is 18.8 Å². The fourth-order valence-corrected chi connectivity index (χ4v) is 3.94. The Morgan fingerprint density at radius 3 is 2.57 bits per heavy atom. The van der Waals surface area contributed by atoms with Crippen LogP contribution in [0.2, 0.25) is 0 Å². The van der Waals surface area contributed by atoms with Gasteiger partial charge in [0.25, 0.3) is 5.91 Å². The summed E-state index contributed by atoms with van der Waals surface area (Å²) in [5.41, 5.74) is 3.33. The minimum absolute atomic E-state index is 0.0878. The van der Waals surface area contributed by atoms with Crippen LogP contribution < -0.4 is 4.90 Å². The molecule has 1 aromatic heterocycles. The molecular weight excluding hydrogens is 352 g/mol. The fraction of sp³-hybridized carbons (Fsp3) is 0.455. The van der Waals surface area contributed by atoms with E-state index in [1.54, 1.807) is 6.20 Å². The van der Waals surface area contributed by atoms with Gasteiger partial charge in [-0.1, -0.05) is 29.8 Å². The lowest BCUT2D eigenvalue weighted by molar-refractivity contribution is 0.0627. The number of carbonyl (C=O) groups is 1. The molecule has 2 aromatic rings. The van der Waals surface area contributed by atoms with Crippen LogP contribution >= 0.6 is 0 Å². The van der Waals surface area contributed by atoms with Gasteiger partial charge in [-0.15, -0.1) is 0 Å². The van der Waals surface area contributed by atoms with Gasteiger partial charge in [0, 0.05) is 52.0 Å². The molecule has 4 rings (SSSR count). The van der Waals surface area contributed by atoms with Gasteiger partial charge in [-0.05, 0) is 24.6 Å². The Morgan fingerprint density at radius 2 is 1.82 bits per heavy atom. The van der Waals surface area contributed by atoms with Crippen LogP contribution in [0.1, 0.15) is 21.5 Å². The summed E-state index contributed by atoms with van der Waals surface area (Å²) in [6, 6.07) is 12.4. The van der Waals surface area contributed by atoms with Crippen molar-refractivity contribution in [2.75, 3.05) is 57.4 Å². The SMILES string of the molecule is Cc1cccc(CN2CCN(C(=O)c3cccnc3N3CCOCC3)CC2)c1. The second kappa shape index (κ2) is 8.71. The molecule has 2 fully saturated rings. The number of anilines is 1. The van der Waals surface area contributed by atoms with E-state index in [9.17, 15) is 4.79 Å². The Morgan fingerprint density at radius 1 is 1.04 bits per heavy atom. The number of piperazine rings is 1. The van der Waals surface area contributed by atoms with E-state index < -0.39 is 0 Å². The first-order chi connectivity index (χ1) is 13.7. The predicted molar refractivity (Wildman–Crippen MR) is 110 cm³/mol. The van der Waals surface area contributed by atoms with Crippen LogP contribution in [-0.4, -0.2) is 73.2 Å². The van der Waals surface area contributed by atoms with Gasteiger partial charge in [0.2, 0.25) is 0 Å². The van der Waals surface area contributed by atoms with Gasteiger partial charge in [-0.3, -0.25) is 9.69 Å². The minimum atomic E-state index is 0.0878. The summed E-state index contributed by atoms with van der Waals surface area (Å²) in [5.74, 6) is 0.878. The third-order valence-corrected chi connectivity index (χ3v) is 5.48. The summed E-state index contributed by atoms with van der Waals surface area (Å²) in [5, 5.41) is 0.